The Morgan fingerprint density at radius 2 is 2.09 bits per heavy atom. The summed E-state index contributed by atoms with van der Waals surface area (Å²) in [6.45, 7) is 0. The van der Waals surface area contributed by atoms with Crippen molar-refractivity contribution in [2.75, 3.05) is 0 Å². The minimum atomic E-state index is -5.00. The molecular weight excluding hydrogens is 338 g/mol. The molecule has 0 radical (unpaired) electrons. The van der Waals surface area contributed by atoms with Gasteiger partial charge in [0.15, 0.2) is 0 Å². The van der Waals surface area contributed by atoms with Crippen LogP contribution in [0.4, 0.5) is 4.39 Å². The molecule has 1 saturated carbocycles. The van der Waals surface area contributed by atoms with Crippen LogP contribution in [0.15, 0.2) is 15.8 Å². The Morgan fingerprint density at radius 3 is 2.65 bits per heavy atom. The maximum atomic E-state index is 13.3. The highest BCUT2D eigenvalue weighted by Crippen LogP contribution is 2.44. The van der Waals surface area contributed by atoms with Crippen LogP contribution in [0.3, 0.4) is 0 Å². The maximum absolute atomic E-state index is 13.3. The van der Waals surface area contributed by atoms with E-state index in [0.717, 1.165) is 10.8 Å². The Morgan fingerprint density at radius 1 is 1.43 bits per heavy atom. The number of hydrogen-bond donors (Lipinski definition) is 4. The standard InChI is InChI=1S/C11H14FN2O8P/c12-7-4-14(11(18)13-8(7)15)5-1-2-6(3-5)22-10(9(16)17)23(19,20)21/h4-6,10H,1-3H2,(H,16,17)(H,13,15,18)(H2,19,20,21). The van der Waals surface area contributed by atoms with E-state index in [4.69, 9.17) is 19.6 Å². The van der Waals surface area contributed by atoms with Crippen LogP contribution < -0.4 is 11.2 Å². The summed E-state index contributed by atoms with van der Waals surface area (Å²) in [6, 6.07) is -0.579. The summed E-state index contributed by atoms with van der Waals surface area (Å²) in [5.41, 5.74) is -1.98. The summed E-state index contributed by atoms with van der Waals surface area (Å²) in [6.07, 6.45) is 0.488. The first-order chi connectivity index (χ1) is 10.6. The van der Waals surface area contributed by atoms with E-state index in [9.17, 15) is 23.3 Å². The molecule has 0 aliphatic heterocycles. The smallest absolute Gasteiger partial charge is 0.365 e. The Kier molecular flexibility index (Phi) is 4.85. The monoisotopic (exact) mass is 352 g/mol. The number of nitrogens with one attached hydrogen (secondary N) is 1. The SMILES string of the molecule is O=C(O)C(OC1CCC(n2cc(F)c(=O)[nH]c2=O)C1)P(=O)(O)O. The number of carboxylic acid groups (broad SMARTS) is 1. The maximum Gasteiger partial charge on any atom is 0.365 e. The van der Waals surface area contributed by atoms with Crippen LogP contribution in [-0.2, 0) is 14.1 Å². The van der Waals surface area contributed by atoms with Gasteiger partial charge >= 0.3 is 19.3 Å². The molecule has 1 heterocycles. The Labute approximate surface area is 127 Å². The molecule has 1 aromatic rings. The van der Waals surface area contributed by atoms with Gasteiger partial charge in [-0.15, -0.1) is 0 Å². The van der Waals surface area contributed by atoms with Gasteiger partial charge in [-0.3, -0.25) is 18.9 Å². The molecule has 4 N–H and O–H groups in total. The summed E-state index contributed by atoms with van der Waals surface area (Å²) < 4.78 is 30.2. The van der Waals surface area contributed by atoms with Gasteiger partial charge in [0.05, 0.1) is 12.3 Å². The number of halogens is 1. The Hall–Kier alpha value is -1.81. The molecule has 1 aliphatic rings. The van der Waals surface area contributed by atoms with Gasteiger partial charge in [-0.1, -0.05) is 0 Å². The average molecular weight is 352 g/mol. The number of H-pyrrole nitrogens is 1. The third-order valence-electron chi connectivity index (χ3n) is 3.51. The molecule has 1 fully saturated rings. The fourth-order valence-electron chi connectivity index (χ4n) is 2.49. The van der Waals surface area contributed by atoms with E-state index in [1.165, 1.54) is 0 Å². The zero-order valence-electron chi connectivity index (χ0n) is 11.6. The van der Waals surface area contributed by atoms with Crippen molar-refractivity contribution in [3.05, 3.63) is 32.9 Å². The quantitative estimate of drug-likeness (QED) is 0.510. The van der Waals surface area contributed by atoms with Crippen molar-refractivity contribution in [1.29, 1.82) is 0 Å². The second-order valence-corrected chi connectivity index (χ2v) is 6.80. The fraction of sp³-hybridized carbons (Fsp3) is 0.545. The van der Waals surface area contributed by atoms with Gasteiger partial charge < -0.3 is 19.6 Å². The molecule has 2 rings (SSSR count). The molecule has 23 heavy (non-hydrogen) atoms. The van der Waals surface area contributed by atoms with E-state index in [1.54, 1.807) is 4.98 Å². The first-order valence-electron chi connectivity index (χ1n) is 6.54. The molecule has 128 valence electrons. The van der Waals surface area contributed by atoms with Gasteiger partial charge in [-0.05, 0) is 19.3 Å². The van der Waals surface area contributed by atoms with E-state index in [-0.39, 0.29) is 12.8 Å². The lowest BCUT2D eigenvalue weighted by Gasteiger charge is -2.20. The predicted molar refractivity (Wildman–Crippen MR) is 72.5 cm³/mol. The normalized spacial score (nSPS) is 22.9. The van der Waals surface area contributed by atoms with E-state index in [0.29, 0.717) is 6.42 Å². The van der Waals surface area contributed by atoms with Crippen LogP contribution in [0.1, 0.15) is 25.3 Å². The summed E-state index contributed by atoms with van der Waals surface area (Å²) >= 11 is 0. The molecule has 0 bridgehead atoms. The van der Waals surface area contributed by atoms with Gasteiger partial charge in [-0.2, -0.15) is 4.39 Å². The zero-order valence-corrected chi connectivity index (χ0v) is 12.5. The molecule has 0 saturated heterocycles. The lowest BCUT2D eigenvalue weighted by molar-refractivity contribution is -0.148. The molecule has 0 aromatic carbocycles. The summed E-state index contributed by atoms with van der Waals surface area (Å²) in [7, 11) is -5.00. The lowest BCUT2D eigenvalue weighted by atomic mass is 10.2. The number of nitrogens with zero attached hydrogens (tertiary/aromatic N) is 1. The molecule has 0 spiro atoms. The molecular formula is C11H14FN2O8P. The molecule has 10 nitrogen and oxygen atoms in total. The molecule has 1 aromatic heterocycles. The lowest BCUT2D eigenvalue weighted by Crippen LogP contribution is -2.33. The van der Waals surface area contributed by atoms with Gasteiger partial charge in [0, 0.05) is 6.04 Å². The Bertz CT molecular complexity index is 768. The van der Waals surface area contributed by atoms with E-state index in [1.807, 2.05) is 0 Å². The summed E-state index contributed by atoms with van der Waals surface area (Å²) in [4.78, 5) is 53.2. The summed E-state index contributed by atoms with van der Waals surface area (Å²) in [5, 5.41) is 8.80. The number of carbonyl (C=O) groups is 1. The van der Waals surface area contributed by atoms with Gasteiger partial charge in [0.25, 0.3) is 11.4 Å². The van der Waals surface area contributed by atoms with E-state index >= 15 is 0 Å². The predicted octanol–water partition coefficient (Wildman–Crippen LogP) is -0.626. The van der Waals surface area contributed by atoms with Crippen LogP contribution in [0.2, 0.25) is 0 Å². The van der Waals surface area contributed by atoms with Crippen molar-refractivity contribution in [3.63, 3.8) is 0 Å². The minimum Gasteiger partial charge on any atom is -0.479 e. The molecule has 3 unspecified atom stereocenters. The average Bonchev–Trinajstić information content (AvgIpc) is 2.87. The van der Waals surface area contributed by atoms with Crippen molar-refractivity contribution in [3.8, 4) is 0 Å². The zero-order chi connectivity index (χ0) is 17.4. The number of hydrogen-bond acceptors (Lipinski definition) is 5. The number of aliphatic carboxylic acids is 1. The van der Waals surface area contributed by atoms with Crippen molar-refractivity contribution >= 4 is 13.6 Å². The molecule has 1 aliphatic carbocycles. The van der Waals surface area contributed by atoms with Crippen LogP contribution in [-0.4, -0.2) is 42.4 Å². The fourth-order valence-corrected chi connectivity index (χ4v) is 3.11. The second-order valence-electron chi connectivity index (χ2n) is 5.15. The minimum absolute atomic E-state index is 0.0508. The van der Waals surface area contributed by atoms with Crippen molar-refractivity contribution < 1.29 is 33.4 Å². The number of carboxylic acids is 1. The first kappa shape index (κ1) is 17.5. The molecule has 12 heteroatoms. The van der Waals surface area contributed by atoms with Crippen molar-refractivity contribution in [2.45, 2.75) is 37.3 Å². The number of aromatic amines is 1. The molecule has 3 atom stereocenters. The highest BCUT2D eigenvalue weighted by molar-refractivity contribution is 7.53. The number of ether oxygens (including phenoxy) is 1. The first-order valence-corrected chi connectivity index (χ1v) is 8.22. The Balaban J connectivity index is 2.14. The van der Waals surface area contributed by atoms with Gasteiger partial charge in [0.2, 0.25) is 5.82 Å². The third kappa shape index (κ3) is 3.94. The number of aromatic nitrogens is 2. The van der Waals surface area contributed by atoms with Crippen LogP contribution in [0, 0.1) is 5.82 Å². The van der Waals surface area contributed by atoms with Crippen molar-refractivity contribution in [2.24, 2.45) is 0 Å². The topological polar surface area (TPSA) is 159 Å². The van der Waals surface area contributed by atoms with E-state index in [2.05, 4.69) is 0 Å². The van der Waals surface area contributed by atoms with Crippen molar-refractivity contribution in [1.82, 2.24) is 9.55 Å². The largest absolute Gasteiger partial charge is 0.479 e. The number of rotatable bonds is 5. The summed E-state index contributed by atoms with van der Waals surface area (Å²) in [5.74, 6) is -5.24. The van der Waals surface area contributed by atoms with Gasteiger partial charge in [0.1, 0.15) is 0 Å². The van der Waals surface area contributed by atoms with E-state index < -0.39 is 48.6 Å². The highest BCUT2D eigenvalue weighted by atomic mass is 31.2. The molecule has 0 amide bonds. The van der Waals surface area contributed by atoms with Crippen LogP contribution in [0.5, 0.6) is 0 Å². The third-order valence-corrected chi connectivity index (χ3v) is 4.47. The van der Waals surface area contributed by atoms with Crippen LogP contribution in [0.25, 0.3) is 0 Å². The highest BCUT2D eigenvalue weighted by Gasteiger charge is 2.41. The van der Waals surface area contributed by atoms with Gasteiger partial charge in [-0.25, -0.2) is 9.59 Å². The van der Waals surface area contributed by atoms with Crippen LogP contribution >= 0.6 is 7.60 Å². The second kappa shape index (κ2) is 6.36.